The van der Waals surface area contributed by atoms with Gasteiger partial charge in [0.1, 0.15) is 5.75 Å². The topological polar surface area (TPSA) is 62.7 Å². The van der Waals surface area contributed by atoms with E-state index in [2.05, 4.69) is 31.8 Å². The average molecular weight is 489 g/mol. The fourth-order valence-corrected chi connectivity index (χ4v) is 2.89. The summed E-state index contributed by atoms with van der Waals surface area (Å²) in [6.45, 7) is 0. The van der Waals surface area contributed by atoms with Crippen LogP contribution in [0.3, 0.4) is 0 Å². The number of hydrogen-bond acceptors (Lipinski definition) is 4. The van der Waals surface area contributed by atoms with Gasteiger partial charge in [0.15, 0.2) is 5.11 Å². The Morgan fingerprint density at radius 1 is 1.07 bits per heavy atom. The zero-order valence-corrected chi connectivity index (χ0v) is 18.1. The third-order valence-corrected chi connectivity index (χ3v) is 4.59. The van der Waals surface area contributed by atoms with Gasteiger partial charge in [-0.3, -0.25) is 5.43 Å². The Balaban J connectivity index is 1.51. The summed E-state index contributed by atoms with van der Waals surface area (Å²) in [4.78, 5) is 12.1. The van der Waals surface area contributed by atoms with Gasteiger partial charge in [0.05, 0.1) is 11.8 Å². The predicted octanol–water partition coefficient (Wildman–Crippen LogP) is 5.64. The summed E-state index contributed by atoms with van der Waals surface area (Å²) in [7, 11) is 0. The standard InChI is InChI=1S/C21H15BrClN3O2S/c22-16-8-6-15(7-9-16)20(27)28-19-10-4-14(5-11-19)13-24-26-21(29)25-18-3-1-2-17(23)12-18/h1-13H,(H2,25,26,29)/b24-13+. The molecule has 3 aromatic carbocycles. The largest absolute Gasteiger partial charge is 0.423 e. The average Bonchev–Trinajstić information content (AvgIpc) is 2.70. The van der Waals surface area contributed by atoms with Crippen LogP contribution in [0.5, 0.6) is 5.75 Å². The van der Waals surface area contributed by atoms with Crippen LogP contribution in [0.1, 0.15) is 15.9 Å². The van der Waals surface area contributed by atoms with Crippen molar-refractivity contribution in [3.8, 4) is 5.75 Å². The van der Waals surface area contributed by atoms with E-state index < -0.39 is 5.97 Å². The summed E-state index contributed by atoms with van der Waals surface area (Å²) in [6, 6.07) is 21.1. The van der Waals surface area contributed by atoms with Crippen molar-refractivity contribution in [2.75, 3.05) is 5.32 Å². The molecule has 0 aromatic heterocycles. The fourth-order valence-electron chi connectivity index (χ4n) is 2.26. The minimum atomic E-state index is -0.418. The monoisotopic (exact) mass is 487 g/mol. The molecule has 0 aliphatic carbocycles. The quantitative estimate of drug-likeness (QED) is 0.160. The molecule has 146 valence electrons. The van der Waals surface area contributed by atoms with Gasteiger partial charge in [-0.1, -0.05) is 33.6 Å². The molecule has 0 saturated heterocycles. The highest BCUT2D eigenvalue weighted by Crippen LogP contribution is 2.16. The van der Waals surface area contributed by atoms with Crippen LogP contribution in [0, 0.1) is 0 Å². The number of carbonyl (C=O) groups excluding carboxylic acids is 1. The number of esters is 1. The van der Waals surface area contributed by atoms with E-state index >= 15 is 0 Å². The summed E-state index contributed by atoms with van der Waals surface area (Å²) in [5, 5.41) is 8.01. The van der Waals surface area contributed by atoms with Crippen LogP contribution >= 0.6 is 39.7 Å². The lowest BCUT2D eigenvalue weighted by Crippen LogP contribution is -2.23. The van der Waals surface area contributed by atoms with Gasteiger partial charge in [0.25, 0.3) is 0 Å². The number of hydrogen-bond donors (Lipinski definition) is 2. The zero-order chi connectivity index (χ0) is 20.6. The number of halogens is 2. The summed E-state index contributed by atoms with van der Waals surface area (Å²) >= 11 is 14.4. The molecule has 0 bridgehead atoms. The highest BCUT2D eigenvalue weighted by atomic mass is 79.9. The summed E-state index contributed by atoms with van der Waals surface area (Å²) in [5.74, 6) is 0.0270. The smallest absolute Gasteiger partial charge is 0.343 e. The van der Waals surface area contributed by atoms with E-state index in [0.29, 0.717) is 21.4 Å². The minimum absolute atomic E-state index is 0.337. The number of nitrogens with one attached hydrogen (secondary N) is 2. The van der Waals surface area contributed by atoms with Crippen molar-refractivity contribution in [1.82, 2.24) is 5.43 Å². The maximum absolute atomic E-state index is 12.1. The van der Waals surface area contributed by atoms with Crippen LogP contribution in [0.15, 0.2) is 82.4 Å². The molecule has 0 heterocycles. The van der Waals surface area contributed by atoms with Gasteiger partial charge in [0.2, 0.25) is 0 Å². The summed E-state index contributed by atoms with van der Waals surface area (Å²) in [6.07, 6.45) is 1.60. The number of nitrogens with zero attached hydrogens (tertiary/aromatic N) is 1. The second-order valence-electron chi connectivity index (χ2n) is 5.80. The Morgan fingerprint density at radius 3 is 2.48 bits per heavy atom. The molecule has 3 aromatic rings. The van der Waals surface area contributed by atoms with Crippen molar-refractivity contribution in [3.63, 3.8) is 0 Å². The molecular formula is C21H15BrClN3O2S. The van der Waals surface area contributed by atoms with E-state index in [1.165, 1.54) is 0 Å². The Kier molecular flexibility index (Phi) is 7.35. The highest BCUT2D eigenvalue weighted by Gasteiger charge is 2.08. The van der Waals surface area contributed by atoms with E-state index in [9.17, 15) is 4.79 Å². The first kappa shape index (κ1) is 21.0. The second kappa shape index (κ2) is 10.2. The molecule has 2 N–H and O–H groups in total. The predicted molar refractivity (Wildman–Crippen MR) is 124 cm³/mol. The van der Waals surface area contributed by atoms with Crippen molar-refractivity contribution in [2.24, 2.45) is 5.10 Å². The molecule has 0 spiro atoms. The van der Waals surface area contributed by atoms with Gasteiger partial charge >= 0.3 is 5.97 Å². The van der Waals surface area contributed by atoms with E-state index in [-0.39, 0.29) is 0 Å². The number of benzene rings is 3. The molecule has 0 atom stereocenters. The minimum Gasteiger partial charge on any atom is -0.423 e. The zero-order valence-electron chi connectivity index (χ0n) is 14.9. The number of anilines is 1. The Bertz CT molecular complexity index is 1040. The van der Waals surface area contributed by atoms with Crippen LogP contribution in [0.4, 0.5) is 5.69 Å². The number of rotatable bonds is 5. The Morgan fingerprint density at radius 2 is 1.79 bits per heavy atom. The Labute approximate surface area is 186 Å². The molecular weight excluding hydrogens is 474 g/mol. The van der Waals surface area contributed by atoms with Crippen LogP contribution in [0.2, 0.25) is 5.02 Å². The second-order valence-corrected chi connectivity index (χ2v) is 7.56. The normalized spacial score (nSPS) is 10.6. The first-order chi connectivity index (χ1) is 14.0. The molecule has 0 unspecified atom stereocenters. The van der Waals surface area contributed by atoms with E-state index in [0.717, 1.165) is 15.7 Å². The lowest BCUT2D eigenvalue weighted by molar-refractivity contribution is 0.0734. The Hall–Kier alpha value is -2.74. The van der Waals surface area contributed by atoms with Crippen molar-refractivity contribution < 1.29 is 9.53 Å². The third-order valence-electron chi connectivity index (χ3n) is 3.63. The van der Waals surface area contributed by atoms with Crippen LogP contribution in [-0.2, 0) is 0 Å². The molecule has 3 rings (SSSR count). The van der Waals surface area contributed by atoms with E-state index in [1.54, 1.807) is 66.9 Å². The highest BCUT2D eigenvalue weighted by molar-refractivity contribution is 9.10. The fraction of sp³-hybridized carbons (Fsp3) is 0. The molecule has 0 aliphatic heterocycles. The number of ether oxygens (including phenoxy) is 1. The van der Waals surface area contributed by atoms with Crippen molar-refractivity contribution in [3.05, 3.63) is 93.4 Å². The van der Waals surface area contributed by atoms with E-state index in [1.807, 2.05) is 12.1 Å². The molecule has 8 heteroatoms. The van der Waals surface area contributed by atoms with Crippen LogP contribution in [-0.4, -0.2) is 17.3 Å². The lowest BCUT2D eigenvalue weighted by Gasteiger charge is -2.07. The lowest BCUT2D eigenvalue weighted by atomic mass is 10.2. The molecule has 0 fully saturated rings. The summed E-state index contributed by atoms with van der Waals surface area (Å²) < 4.78 is 6.25. The van der Waals surface area contributed by atoms with Crippen molar-refractivity contribution >= 4 is 62.7 Å². The number of hydrazone groups is 1. The molecule has 0 amide bonds. The van der Waals surface area contributed by atoms with Gasteiger partial charge in [-0.25, -0.2) is 4.79 Å². The first-order valence-corrected chi connectivity index (χ1v) is 10.0. The third kappa shape index (κ3) is 6.67. The SMILES string of the molecule is O=C(Oc1ccc(/C=N/NC(=S)Nc2cccc(Cl)c2)cc1)c1ccc(Br)cc1. The number of thiocarbonyl (C=S) groups is 1. The van der Waals surface area contributed by atoms with Gasteiger partial charge in [0, 0.05) is 15.2 Å². The van der Waals surface area contributed by atoms with E-state index in [4.69, 9.17) is 28.6 Å². The van der Waals surface area contributed by atoms with Gasteiger partial charge in [-0.2, -0.15) is 5.10 Å². The first-order valence-electron chi connectivity index (χ1n) is 8.43. The molecule has 29 heavy (non-hydrogen) atoms. The van der Waals surface area contributed by atoms with Crippen LogP contribution < -0.4 is 15.5 Å². The van der Waals surface area contributed by atoms with Gasteiger partial charge in [-0.05, 0) is 84.5 Å². The summed E-state index contributed by atoms with van der Waals surface area (Å²) in [5.41, 5.74) is 4.78. The molecule has 0 saturated carbocycles. The maximum atomic E-state index is 12.1. The van der Waals surface area contributed by atoms with Crippen molar-refractivity contribution in [2.45, 2.75) is 0 Å². The molecule has 5 nitrogen and oxygen atoms in total. The van der Waals surface area contributed by atoms with Gasteiger partial charge < -0.3 is 10.1 Å². The molecule has 0 aliphatic rings. The van der Waals surface area contributed by atoms with Gasteiger partial charge in [-0.15, -0.1) is 0 Å². The number of carbonyl (C=O) groups is 1. The van der Waals surface area contributed by atoms with Crippen molar-refractivity contribution in [1.29, 1.82) is 0 Å². The molecule has 0 radical (unpaired) electrons. The van der Waals surface area contributed by atoms with Crippen LogP contribution in [0.25, 0.3) is 0 Å². The maximum Gasteiger partial charge on any atom is 0.343 e.